The van der Waals surface area contributed by atoms with E-state index in [1.54, 1.807) is 0 Å². The van der Waals surface area contributed by atoms with E-state index in [0.29, 0.717) is 17.9 Å². The Labute approximate surface area is 92.2 Å². The summed E-state index contributed by atoms with van der Waals surface area (Å²) in [6.45, 7) is 7.20. The van der Waals surface area contributed by atoms with Crippen molar-refractivity contribution in [3.8, 4) is 0 Å². The lowest BCUT2D eigenvalue weighted by Crippen LogP contribution is -2.35. The second-order valence-corrected chi connectivity index (χ2v) is 5.24. The first-order valence-corrected chi connectivity index (χ1v) is 6.19. The van der Waals surface area contributed by atoms with Crippen LogP contribution >= 0.6 is 0 Å². The fourth-order valence-electron chi connectivity index (χ4n) is 2.64. The molecular weight excluding hydrogens is 188 g/mol. The topological polar surface area (TPSA) is 32.3 Å². The second-order valence-electron chi connectivity index (χ2n) is 5.24. The van der Waals surface area contributed by atoms with Gasteiger partial charge in [0.2, 0.25) is 5.91 Å². The molecule has 0 spiro atoms. The van der Waals surface area contributed by atoms with E-state index < -0.39 is 0 Å². The van der Waals surface area contributed by atoms with Gasteiger partial charge < -0.3 is 4.90 Å². The minimum absolute atomic E-state index is 0.0628. The van der Waals surface area contributed by atoms with E-state index in [4.69, 9.17) is 0 Å². The van der Waals surface area contributed by atoms with Gasteiger partial charge in [0, 0.05) is 6.04 Å². The predicted molar refractivity (Wildman–Crippen MR) is 60.3 cm³/mol. The zero-order chi connectivity index (χ0) is 11.0. The van der Waals surface area contributed by atoms with Crippen molar-refractivity contribution in [1.82, 2.24) is 10.2 Å². The largest absolute Gasteiger partial charge is 0.325 e. The molecule has 3 heteroatoms. The molecule has 0 bridgehead atoms. The lowest BCUT2D eigenvalue weighted by molar-refractivity contribution is -0.130. The van der Waals surface area contributed by atoms with Gasteiger partial charge in [-0.2, -0.15) is 0 Å². The van der Waals surface area contributed by atoms with Gasteiger partial charge >= 0.3 is 0 Å². The van der Waals surface area contributed by atoms with Gasteiger partial charge in [-0.25, -0.2) is 0 Å². The highest BCUT2D eigenvalue weighted by atomic mass is 16.2. The van der Waals surface area contributed by atoms with Gasteiger partial charge in [-0.3, -0.25) is 10.1 Å². The van der Waals surface area contributed by atoms with Crippen LogP contribution in [0.15, 0.2) is 0 Å². The summed E-state index contributed by atoms with van der Waals surface area (Å²) in [5.41, 5.74) is 0. The summed E-state index contributed by atoms with van der Waals surface area (Å²) >= 11 is 0. The normalized spacial score (nSPS) is 35.3. The molecule has 3 unspecified atom stereocenters. The van der Waals surface area contributed by atoms with Crippen LogP contribution in [0.4, 0.5) is 0 Å². The summed E-state index contributed by atoms with van der Waals surface area (Å²) in [7, 11) is 0. The molecule has 1 amide bonds. The number of rotatable bonds is 4. The molecule has 1 saturated carbocycles. The highest BCUT2D eigenvalue weighted by Crippen LogP contribution is 2.40. The lowest BCUT2D eigenvalue weighted by Gasteiger charge is -2.16. The Hall–Kier alpha value is -0.570. The van der Waals surface area contributed by atoms with E-state index in [1.165, 1.54) is 19.3 Å². The Balaban J connectivity index is 1.89. The molecule has 2 fully saturated rings. The second kappa shape index (κ2) is 4.12. The van der Waals surface area contributed by atoms with Crippen molar-refractivity contribution in [3.63, 3.8) is 0 Å². The molecule has 3 nitrogen and oxygen atoms in total. The van der Waals surface area contributed by atoms with Crippen molar-refractivity contribution in [2.75, 3.05) is 6.67 Å². The number of hydrogen-bond donors (Lipinski definition) is 1. The molecule has 1 heterocycles. The molecule has 0 aromatic carbocycles. The van der Waals surface area contributed by atoms with E-state index in [0.717, 1.165) is 12.6 Å². The van der Waals surface area contributed by atoms with Crippen LogP contribution < -0.4 is 5.32 Å². The first-order chi connectivity index (χ1) is 7.15. The maximum absolute atomic E-state index is 12.0. The van der Waals surface area contributed by atoms with Gasteiger partial charge in [-0.1, -0.05) is 27.2 Å². The fraction of sp³-hybridized carbons (Fsp3) is 0.917. The van der Waals surface area contributed by atoms with Gasteiger partial charge in [0.15, 0.2) is 0 Å². The Morgan fingerprint density at radius 1 is 1.53 bits per heavy atom. The number of hydrogen-bond acceptors (Lipinski definition) is 2. The summed E-state index contributed by atoms with van der Waals surface area (Å²) in [4.78, 5) is 14.1. The summed E-state index contributed by atoms with van der Waals surface area (Å²) in [5, 5.41) is 3.32. The van der Waals surface area contributed by atoms with Crippen LogP contribution in [-0.4, -0.2) is 29.6 Å². The number of carbonyl (C=O) groups is 1. The average molecular weight is 210 g/mol. The van der Waals surface area contributed by atoms with Gasteiger partial charge in [0.05, 0.1) is 12.7 Å². The fourth-order valence-corrected chi connectivity index (χ4v) is 2.64. The van der Waals surface area contributed by atoms with Crippen molar-refractivity contribution in [1.29, 1.82) is 0 Å². The summed E-state index contributed by atoms with van der Waals surface area (Å²) in [6, 6.07) is 0.613. The minimum Gasteiger partial charge on any atom is -0.325 e. The molecule has 2 rings (SSSR count). The maximum Gasteiger partial charge on any atom is 0.241 e. The first-order valence-electron chi connectivity index (χ1n) is 6.19. The highest BCUT2D eigenvalue weighted by molar-refractivity contribution is 5.84. The molecule has 1 saturated heterocycles. The van der Waals surface area contributed by atoms with Crippen LogP contribution in [0.25, 0.3) is 0 Å². The van der Waals surface area contributed by atoms with E-state index in [-0.39, 0.29) is 6.04 Å². The maximum atomic E-state index is 12.0. The zero-order valence-corrected chi connectivity index (χ0v) is 9.99. The molecular formula is C12H22N2O. The zero-order valence-electron chi connectivity index (χ0n) is 9.99. The molecule has 0 radical (unpaired) electrons. The molecule has 1 aliphatic heterocycles. The van der Waals surface area contributed by atoms with Crippen molar-refractivity contribution in [3.05, 3.63) is 0 Å². The van der Waals surface area contributed by atoms with Crippen LogP contribution in [0.1, 0.15) is 40.0 Å². The van der Waals surface area contributed by atoms with E-state index >= 15 is 0 Å². The monoisotopic (exact) mass is 210 g/mol. The third-order valence-corrected chi connectivity index (χ3v) is 3.64. The van der Waals surface area contributed by atoms with Crippen LogP contribution in [0.3, 0.4) is 0 Å². The average Bonchev–Trinajstić information content (AvgIpc) is 2.81. The van der Waals surface area contributed by atoms with Crippen LogP contribution in [-0.2, 0) is 4.79 Å². The molecule has 0 aromatic rings. The summed E-state index contributed by atoms with van der Waals surface area (Å²) in [5.74, 6) is 1.52. The predicted octanol–water partition coefficient (Wildman–Crippen LogP) is 1.59. The third kappa shape index (κ3) is 2.03. The third-order valence-electron chi connectivity index (χ3n) is 3.64. The Morgan fingerprint density at radius 2 is 2.27 bits per heavy atom. The molecule has 0 aromatic heterocycles. The Bertz CT molecular complexity index is 252. The van der Waals surface area contributed by atoms with E-state index in [2.05, 4.69) is 31.0 Å². The van der Waals surface area contributed by atoms with E-state index in [1.807, 2.05) is 0 Å². The smallest absolute Gasteiger partial charge is 0.241 e. The Morgan fingerprint density at radius 3 is 2.80 bits per heavy atom. The highest BCUT2D eigenvalue weighted by Gasteiger charge is 2.47. The van der Waals surface area contributed by atoms with Gasteiger partial charge in [0.25, 0.3) is 0 Å². The van der Waals surface area contributed by atoms with Gasteiger partial charge in [0.1, 0.15) is 0 Å². The van der Waals surface area contributed by atoms with Gasteiger partial charge in [-0.05, 0) is 24.7 Å². The van der Waals surface area contributed by atoms with Gasteiger partial charge in [-0.15, -0.1) is 0 Å². The standard InChI is InChI=1S/C12H22N2O/c1-4-5-9-6-10(9)14-7-13-11(8(2)3)12(14)15/h8-11,13H,4-7H2,1-3H3. The molecule has 86 valence electrons. The van der Waals surface area contributed by atoms with Crippen molar-refractivity contribution >= 4 is 5.91 Å². The minimum atomic E-state index is 0.0628. The van der Waals surface area contributed by atoms with Crippen LogP contribution in [0, 0.1) is 11.8 Å². The van der Waals surface area contributed by atoms with E-state index in [9.17, 15) is 4.79 Å². The molecule has 2 aliphatic rings. The van der Waals surface area contributed by atoms with Crippen molar-refractivity contribution < 1.29 is 4.79 Å². The number of carbonyl (C=O) groups excluding carboxylic acids is 1. The molecule has 1 aliphatic carbocycles. The van der Waals surface area contributed by atoms with Crippen LogP contribution in [0.2, 0.25) is 0 Å². The number of amides is 1. The SMILES string of the molecule is CCCC1CC1N1CNC(C(C)C)C1=O. The number of nitrogens with one attached hydrogen (secondary N) is 1. The first kappa shape index (κ1) is 10.9. The molecule has 1 N–H and O–H groups in total. The quantitative estimate of drug-likeness (QED) is 0.764. The summed E-state index contributed by atoms with van der Waals surface area (Å²) < 4.78 is 0. The van der Waals surface area contributed by atoms with Crippen molar-refractivity contribution in [2.24, 2.45) is 11.8 Å². The summed E-state index contributed by atoms with van der Waals surface area (Å²) in [6.07, 6.45) is 3.75. The molecule has 3 atom stereocenters. The van der Waals surface area contributed by atoms with Crippen LogP contribution in [0.5, 0.6) is 0 Å². The van der Waals surface area contributed by atoms with Crippen molar-refractivity contribution in [2.45, 2.75) is 52.1 Å². The number of nitrogens with zero attached hydrogens (tertiary/aromatic N) is 1. The lowest BCUT2D eigenvalue weighted by atomic mass is 10.1. The Kier molecular flexibility index (Phi) is 3.01. The molecule has 15 heavy (non-hydrogen) atoms.